The molecule has 10 N–H and O–H groups in total. The number of nitrogens with one attached hydrogen (secondary N) is 7. The Kier molecular flexibility index (Phi) is 20.1. The number of carboxylic acids is 1. The number of thioether (sulfide) groups is 2. The minimum absolute atomic E-state index is 0. The van der Waals surface area contributed by atoms with Crippen LogP contribution in [0.1, 0.15) is 67.9 Å². The molecule has 0 saturated carbocycles. The summed E-state index contributed by atoms with van der Waals surface area (Å²) < 4.78 is 55.6. The third-order valence-corrected chi connectivity index (χ3v) is 19.2. The van der Waals surface area contributed by atoms with Gasteiger partial charge in [-0.1, -0.05) is 120 Å². The molecule has 10 rings (SSSR count). The van der Waals surface area contributed by atoms with Crippen LogP contribution in [0.4, 0.5) is 23.0 Å². The normalized spacial score (nSPS) is 18.8. The molecule has 80 heavy (non-hydrogen) atoms. The van der Waals surface area contributed by atoms with Crippen LogP contribution in [0.15, 0.2) is 131 Å². The van der Waals surface area contributed by atoms with Crippen LogP contribution >= 0.6 is 83.6 Å². The Hall–Kier alpha value is -6.53. The number of anilines is 4. The zero-order chi connectivity index (χ0) is 56.8. The monoisotopic (exact) mass is 1260 g/mol. The van der Waals surface area contributed by atoms with Gasteiger partial charge in [-0.2, -0.15) is 0 Å². The van der Waals surface area contributed by atoms with Crippen molar-refractivity contribution in [2.45, 2.75) is 46.8 Å². The summed E-state index contributed by atoms with van der Waals surface area (Å²) in [5.41, 5.74) is 20.2. The fourth-order valence-electron chi connectivity index (χ4n) is 8.39. The molecule has 4 aromatic carbocycles. The van der Waals surface area contributed by atoms with Gasteiger partial charge in [0.15, 0.2) is 21.9 Å². The summed E-state index contributed by atoms with van der Waals surface area (Å²) in [6.45, 7) is 0. The number of sulfonamides is 2. The van der Waals surface area contributed by atoms with Crippen LogP contribution in [0, 0.1) is 0 Å². The molecule has 2 fully saturated rings. The number of benzene rings is 4. The predicted octanol–water partition coefficient (Wildman–Crippen LogP) is 6.77. The lowest BCUT2D eigenvalue weighted by atomic mass is 9.97. The van der Waals surface area contributed by atoms with Gasteiger partial charge in [0, 0.05) is 49.1 Å². The van der Waals surface area contributed by atoms with Crippen molar-refractivity contribution < 1.29 is 41.1 Å². The first-order valence-electron chi connectivity index (χ1n) is 23.6. The summed E-state index contributed by atoms with van der Waals surface area (Å²) in [6.07, 6.45) is 3.95. The Morgan fingerprint density at radius 3 is 1.45 bits per heavy atom. The Bertz CT molecular complexity index is 3630. The highest BCUT2D eigenvalue weighted by molar-refractivity contribution is 8.14. The maximum atomic E-state index is 13.3. The van der Waals surface area contributed by atoms with Gasteiger partial charge in [-0.15, -0.1) is 12.4 Å². The summed E-state index contributed by atoms with van der Waals surface area (Å²) in [5.74, 6) is 0.401. The van der Waals surface area contributed by atoms with Gasteiger partial charge >= 0.3 is 5.97 Å². The van der Waals surface area contributed by atoms with Crippen LogP contribution in [0.5, 0.6) is 0 Å². The number of hydrazine groups is 2. The molecule has 30 heteroatoms. The third-order valence-electron chi connectivity index (χ3n) is 12.5. The number of rotatable bonds is 9. The van der Waals surface area contributed by atoms with Crippen molar-refractivity contribution in [2.75, 3.05) is 45.1 Å². The highest BCUT2D eigenvalue weighted by Crippen LogP contribution is 2.41. The van der Waals surface area contributed by atoms with Crippen LogP contribution in [-0.4, -0.2) is 102 Å². The number of carbonyl (C=O) groups excluding carboxylic acids is 3. The molecule has 4 atom stereocenters. The SMILES string of the molecule is CN1c2ccccc2C(NC(=S)NNc2ncc(C(=O)N[C@@H]3CCSC3=O)cc2Cl)c2ccccc2S1(=O)=O.CN1c2ccccc2C(NC(=S)NNc2ncc(C(=O)O)cc2Cl)c2ccccc2S1(=O)=O.Cl.N[C@@H]1CCSC1=O. The summed E-state index contributed by atoms with van der Waals surface area (Å²) in [5, 5.41) is 18.7. The molecule has 21 nitrogen and oxygen atoms in total. The quantitative estimate of drug-likeness (QED) is 0.0533. The van der Waals surface area contributed by atoms with Gasteiger partial charge in [-0.25, -0.2) is 31.6 Å². The lowest BCUT2D eigenvalue weighted by Gasteiger charge is -2.23. The molecule has 0 aliphatic carbocycles. The lowest BCUT2D eigenvalue weighted by Crippen LogP contribution is -2.41. The van der Waals surface area contributed by atoms with Gasteiger partial charge in [0.1, 0.15) is 0 Å². The fraction of sp³-hybridized carbons (Fsp3) is 0.200. The molecule has 4 aliphatic heterocycles. The summed E-state index contributed by atoms with van der Waals surface area (Å²) in [7, 11) is -4.53. The number of aromatic nitrogens is 2. The summed E-state index contributed by atoms with van der Waals surface area (Å²) in [6, 6.07) is 28.7. The van der Waals surface area contributed by atoms with E-state index in [1.54, 1.807) is 72.8 Å². The lowest BCUT2D eigenvalue weighted by molar-refractivity contribution is -0.112. The average Bonchev–Trinajstić information content (AvgIpc) is 4.01. The number of halogens is 3. The van der Waals surface area contributed by atoms with Gasteiger partial charge < -0.3 is 26.8 Å². The highest BCUT2D eigenvalue weighted by atomic mass is 35.5. The van der Waals surface area contributed by atoms with E-state index in [1.165, 1.54) is 64.6 Å². The topological polar surface area (TPSA) is 299 Å². The van der Waals surface area contributed by atoms with E-state index < -0.39 is 50.0 Å². The zero-order valence-electron chi connectivity index (χ0n) is 41.9. The van der Waals surface area contributed by atoms with E-state index in [9.17, 15) is 36.0 Å². The molecular formula is C50H49Cl3N12O9S6. The number of aromatic carboxylic acids is 1. The summed E-state index contributed by atoms with van der Waals surface area (Å²) >= 11 is 25.9. The highest BCUT2D eigenvalue weighted by Gasteiger charge is 2.37. The van der Waals surface area contributed by atoms with Gasteiger partial charge in [0.05, 0.1) is 66.5 Å². The minimum Gasteiger partial charge on any atom is -0.478 e. The van der Waals surface area contributed by atoms with Gasteiger partial charge in [0.25, 0.3) is 26.0 Å². The number of carboxylic acid groups (broad SMARTS) is 1. The van der Waals surface area contributed by atoms with Gasteiger partial charge in [-0.3, -0.25) is 44.7 Å². The smallest absolute Gasteiger partial charge is 0.337 e. The molecule has 6 heterocycles. The number of amides is 1. The number of nitrogens with zero attached hydrogens (tertiary/aromatic N) is 4. The molecule has 0 radical (unpaired) electrons. The fourth-order valence-corrected chi connectivity index (χ4v) is 13.9. The van der Waals surface area contributed by atoms with Crippen molar-refractivity contribution in [2.24, 2.45) is 5.73 Å². The third kappa shape index (κ3) is 13.6. The van der Waals surface area contributed by atoms with Gasteiger partial charge in [-0.05, 0) is 84.8 Å². The van der Waals surface area contributed by atoms with Crippen LogP contribution in [-0.2, 0) is 29.6 Å². The second-order valence-corrected chi connectivity index (χ2v) is 25.1. The number of thiocarbonyl (C=S) groups is 2. The second kappa shape index (κ2) is 26.4. The number of para-hydroxylation sites is 2. The molecule has 0 bridgehead atoms. The molecule has 6 aromatic rings. The van der Waals surface area contributed by atoms with Crippen LogP contribution in [0.3, 0.4) is 0 Å². The number of carbonyl (C=O) groups is 4. The minimum atomic E-state index is -3.79. The molecule has 2 saturated heterocycles. The maximum absolute atomic E-state index is 13.3. The van der Waals surface area contributed by atoms with Crippen molar-refractivity contribution >= 4 is 159 Å². The largest absolute Gasteiger partial charge is 0.478 e. The predicted molar refractivity (Wildman–Crippen MR) is 322 cm³/mol. The Morgan fingerprint density at radius 2 is 1.05 bits per heavy atom. The van der Waals surface area contributed by atoms with Crippen LogP contribution in [0.2, 0.25) is 10.0 Å². The Balaban J connectivity index is 0.000000205. The molecule has 0 spiro atoms. The first-order chi connectivity index (χ1) is 37.7. The second-order valence-electron chi connectivity index (χ2n) is 17.4. The summed E-state index contributed by atoms with van der Waals surface area (Å²) in [4.78, 5) is 54.3. The maximum Gasteiger partial charge on any atom is 0.337 e. The number of hydrogen-bond donors (Lipinski definition) is 9. The Labute approximate surface area is 495 Å². The first-order valence-corrected chi connectivity index (χ1v) is 30.0. The Morgan fingerprint density at radius 1 is 0.637 bits per heavy atom. The van der Waals surface area contributed by atoms with Crippen molar-refractivity contribution in [3.63, 3.8) is 0 Å². The van der Waals surface area contributed by atoms with Gasteiger partial charge in [0.2, 0.25) is 10.2 Å². The van der Waals surface area contributed by atoms with E-state index >= 15 is 0 Å². The van der Waals surface area contributed by atoms with Crippen molar-refractivity contribution in [3.05, 3.63) is 165 Å². The number of fused-ring (bicyclic) bond motifs is 4. The van der Waals surface area contributed by atoms with Crippen molar-refractivity contribution in [3.8, 4) is 0 Å². The molecule has 1 amide bonds. The number of pyridine rings is 2. The van der Waals surface area contributed by atoms with E-state index in [0.717, 1.165) is 29.5 Å². The molecule has 2 aromatic heterocycles. The number of hydrogen-bond acceptors (Lipinski definition) is 17. The average molecular weight is 1260 g/mol. The van der Waals surface area contributed by atoms with Crippen LogP contribution in [0.25, 0.3) is 0 Å². The number of nitrogens with two attached hydrogens (primary N) is 1. The van der Waals surface area contributed by atoms with E-state index in [1.807, 2.05) is 24.3 Å². The van der Waals surface area contributed by atoms with E-state index in [-0.39, 0.29) is 81.5 Å². The molecular weight excluding hydrogens is 1210 g/mol. The van der Waals surface area contributed by atoms with Crippen molar-refractivity contribution in [1.82, 2.24) is 36.8 Å². The van der Waals surface area contributed by atoms with E-state index in [4.69, 9.17) is 58.5 Å². The van der Waals surface area contributed by atoms with E-state index in [0.29, 0.717) is 34.7 Å². The van der Waals surface area contributed by atoms with Crippen molar-refractivity contribution in [1.29, 1.82) is 0 Å². The van der Waals surface area contributed by atoms with E-state index in [2.05, 4.69) is 47.6 Å². The van der Waals surface area contributed by atoms with Crippen LogP contribution < -0.4 is 52.0 Å². The molecule has 2 unspecified atom stereocenters. The standard InChI is InChI=1S/C25H23ClN6O4S3.C21H18ClN5O4S2.C4H7NOS.ClH/c1-32-19-8-4-2-6-15(19)21(16-7-3-5-9-20(16)39(32,35)36)29-25(37)31-30-22-17(26)12-14(13-27-22)23(33)28-18-10-11-38-24(18)34;1-27-16-8-4-2-6-13(16)18(14-7-3-5-9-17(14)33(27,30)31)24-21(32)26-25-19-15(22)10-12(11-23-19)20(28)29;5-3-1-2-7-4(3)6;/h2-9,12-13,18,21H,10-11H2,1H3,(H,27,30)(H,28,33)(H2,29,31,37);2-11,18H,1H3,(H,23,25)(H,28,29)(H2,24,26,32);3H,1-2,5H2;1H/t18-,21?;;3-;/m1.1./s1. The first kappa shape index (κ1) is 61.1. The molecule has 4 aliphatic rings. The zero-order valence-corrected chi connectivity index (χ0v) is 49.1. The molecule has 420 valence electrons.